The van der Waals surface area contributed by atoms with Crippen molar-refractivity contribution in [3.63, 3.8) is 0 Å². The van der Waals surface area contributed by atoms with Gasteiger partial charge in [-0.05, 0) is 137 Å². The molecule has 4 aromatic carbocycles. The first-order chi connectivity index (χ1) is 30.5. The second-order valence-electron chi connectivity index (χ2n) is 16.8. The molecule has 5 aromatic rings. The summed E-state index contributed by atoms with van der Waals surface area (Å²) >= 11 is 17.5. The Labute approximate surface area is 382 Å². The van der Waals surface area contributed by atoms with E-state index in [1.165, 1.54) is 10.5 Å². The Bertz CT molecular complexity index is 2480. The monoisotopic (exact) mass is 909 g/mol. The van der Waals surface area contributed by atoms with Crippen LogP contribution in [0.1, 0.15) is 67.1 Å². The minimum atomic E-state index is -2.21. The van der Waals surface area contributed by atoms with Crippen LogP contribution < -0.4 is 9.64 Å². The molecule has 3 amide bonds. The fourth-order valence-electron chi connectivity index (χ4n) is 9.43. The smallest absolute Gasteiger partial charge is 0.413 e. The van der Waals surface area contributed by atoms with Crippen molar-refractivity contribution in [2.75, 3.05) is 51.3 Å². The Kier molecular flexibility index (Phi) is 12.8. The normalized spacial score (nSPS) is 17.6. The fraction of sp³-hybridized carbons (Fsp3) is 0.367. The number of amides is 3. The van der Waals surface area contributed by atoms with Crippen LogP contribution in [-0.4, -0.2) is 93.6 Å². The highest BCUT2D eigenvalue weighted by atomic mass is 35.6. The number of rotatable bonds is 9. The van der Waals surface area contributed by atoms with Crippen LogP contribution in [0, 0.1) is 0 Å². The van der Waals surface area contributed by atoms with Crippen molar-refractivity contribution in [1.82, 2.24) is 19.3 Å². The van der Waals surface area contributed by atoms with Crippen molar-refractivity contribution >= 4 is 58.4 Å². The zero-order valence-electron chi connectivity index (χ0n) is 35.2. The highest BCUT2D eigenvalue weighted by Crippen LogP contribution is 2.39. The van der Waals surface area contributed by atoms with E-state index < -0.39 is 10.1 Å². The molecule has 328 valence electrons. The predicted octanol–water partition coefficient (Wildman–Crippen LogP) is 9.07. The molecule has 1 atom stereocenters. The zero-order valence-corrected chi connectivity index (χ0v) is 37.5. The van der Waals surface area contributed by atoms with Crippen molar-refractivity contribution in [1.29, 1.82) is 0 Å². The molecule has 0 N–H and O–H groups in total. The average molecular weight is 911 g/mol. The van der Waals surface area contributed by atoms with Gasteiger partial charge in [-0.1, -0.05) is 54.6 Å². The first kappa shape index (κ1) is 43.2. The maximum atomic E-state index is 15.5. The number of hydrogen-bond donors (Lipinski definition) is 0. The molecular weight excluding hydrogens is 861 g/mol. The third-order valence-electron chi connectivity index (χ3n) is 12.8. The van der Waals surface area contributed by atoms with E-state index >= 15 is 4.79 Å². The average Bonchev–Trinajstić information content (AvgIpc) is 3.69. The van der Waals surface area contributed by atoms with Crippen LogP contribution in [0.4, 0.5) is 10.5 Å². The third kappa shape index (κ3) is 9.59. The van der Waals surface area contributed by atoms with Gasteiger partial charge in [0.1, 0.15) is 12.4 Å². The SMILES string of the molecule is CN(C(=O)c1cc(-c2cc3c(cc2C(=O)N2Cc4ccccc4C[C@H]2CN2CCOCC2)CN(C(=O)OC(Cl)(Cl)Cl)CC3)n2c1CCCC2)c1ccc(OCc2ccccc2)cc1. The topological polar surface area (TPSA) is 96.8 Å². The number of morpholine rings is 1. The van der Waals surface area contributed by atoms with Crippen LogP contribution in [0.3, 0.4) is 0 Å². The Morgan fingerprint density at radius 3 is 2.29 bits per heavy atom. The van der Waals surface area contributed by atoms with Gasteiger partial charge in [0, 0.05) is 87.1 Å². The Balaban J connectivity index is 1.08. The molecule has 0 bridgehead atoms. The Morgan fingerprint density at radius 1 is 0.778 bits per heavy atom. The summed E-state index contributed by atoms with van der Waals surface area (Å²) in [5.41, 5.74) is 9.69. The number of ether oxygens (including phenoxy) is 3. The van der Waals surface area contributed by atoms with Gasteiger partial charge in [-0.3, -0.25) is 14.5 Å². The summed E-state index contributed by atoms with van der Waals surface area (Å²) in [6.07, 6.45) is 3.10. The van der Waals surface area contributed by atoms with Gasteiger partial charge in [0.25, 0.3) is 11.8 Å². The van der Waals surface area contributed by atoms with Crippen LogP contribution in [0.5, 0.6) is 5.75 Å². The van der Waals surface area contributed by atoms with Crippen molar-refractivity contribution < 1.29 is 28.6 Å². The largest absolute Gasteiger partial charge is 0.489 e. The van der Waals surface area contributed by atoms with Gasteiger partial charge in [-0.2, -0.15) is 0 Å². The number of aromatic nitrogens is 1. The van der Waals surface area contributed by atoms with E-state index in [0.29, 0.717) is 69.3 Å². The third-order valence-corrected chi connectivity index (χ3v) is 13.0. The minimum Gasteiger partial charge on any atom is -0.489 e. The summed E-state index contributed by atoms with van der Waals surface area (Å²) in [6.45, 7) is 5.77. The lowest BCUT2D eigenvalue weighted by molar-refractivity contribution is 0.0193. The minimum absolute atomic E-state index is 0.0905. The first-order valence-electron chi connectivity index (χ1n) is 21.6. The molecule has 0 saturated carbocycles. The Morgan fingerprint density at radius 2 is 1.52 bits per heavy atom. The van der Waals surface area contributed by atoms with Crippen molar-refractivity contribution in [2.45, 2.75) is 68.4 Å². The summed E-state index contributed by atoms with van der Waals surface area (Å²) in [4.78, 5) is 50.9. The number of carbonyl (C=O) groups excluding carboxylic acids is 3. The molecule has 63 heavy (non-hydrogen) atoms. The van der Waals surface area contributed by atoms with E-state index in [9.17, 15) is 9.59 Å². The van der Waals surface area contributed by atoms with Crippen LogP contribution in [-0.2, 0) is 55.0 Å². The highest BCUT2D eigenvalue weighted by molar-refractivity contribution is 6.66. The number of benzene rings is 4. The number of nitrogens with zero attached hydrogens (tertiary/aromatic N) is 5. The van der Waals surface area contributed by atoms with Gasteiger partial charge in [0.05, 0.1) is 18.8 Å². The lowest BCUT2D eigenvalue weighted by atomic mass is 9.89. The number of alkyl halides is 3. The lowest BCUT2D eigenvalue weighted by Crippen LogP contribution is -2.52. The van der Waals surface area contributed by atoms with Gasteiger partial charge in [-0.25, -0.2) is 4.79 Å². The molecule has 14 heteroatoms. The summed E-state index contributed by atoms with van der Waals surface area (Å²) in [6, 6.07) is 31.8. The molecule has 4 aliphatic rings. The molecule has 0 spiro atoms. The summed E-state index contributed by atoms with van der Waals surface area (Å²) < 4.78 is 16.8. The second-order valence-corrected chi connectivity index (χ2v) is 18.9. The van der Waals surface area contributed by atoms with Gasteiger partial charge < -0.3 is 33.5 Å². The standard InChI is InChI=1S/C49H50Cl3N5O6/c1-53(38-14-16-40(17-15-38)62-32-33-9-3-2-4-10-33)46(58)43-28-45(56-19-8-7-13-44(43)56)41-26-35-18-20-55(48(60)63-49(50,51)52)29-37(35)27-42(41)47(59)57-30-36-12-6-5-11-34(36)25-39(57)31-54-21-23-61-24-22-54/h2-6,9-12,14-17,26-28,39H,7-8,13,18-25,29-32H2,1H3/t39-/m0/s1. The van der Waals surface area contributed by atoms with Gasteiger partial charge in [-0.15, -0.1) is 0 Å². The molecule has 11 nitrogen and oxygen atoms in total. The second kappa shape index (κ2) is 18.6. The number of halogens is 3. The summed E-state index contributed by atoms with van der Waals surface area (Å²) in [5.74, 6) is 0.482. The van der Waals surface area contributed by atoms with Crippen LogP contribution in [0.15, 0.2) is 97.1 Å². The highest BCUT2D eigenvalue weighted by Gasteiger charge is 2.37. The molecule has 9 rings (SSSR count). The van der Waals surface area contributed by atoms with Gasteiger partial charge >= 0.3 is 10.1 Å². The van der Waals surface area contributed by atoms with Crippen molar-refractivity contribution in [3.05, 3.63) is 142 Å². The number of fused-ring (bicyclic) bond motifs is 3. The molecule has 1 aromatic heterocycles. The maximum absolute atomic E-state index is 15.5. The van der Waals surface area contributed by atoms with E-state index in [-0.39, 0.29) is 24.4 Å². The summed E-state index contributed by atoms with van der Waals surface area (Å²) in [5, 5.41) is 0. The molecule has 0 aliphatic carbocycles. The molecule has 5 heterocycles. The molecular formula is C49H50Cl3N5O6. The van der Waals surface area contributed by atoms with Crippen LogP contribution in [0.2, 0.25) is 0 Å². The first-order valence-corrected chi connectivity index (χ1v) is 22.8. The zero-order chi connectivity index (χ0) is 43.7. The number of carbonyl (C=O) groups is 3. The molecule has 4 aliphatic heterocycles. The summed E-state index contributed by atoms with van der Waals surface area (Å²) in [7, 11) is 1.80. The Hall–Kier alpha value is -5.04. The van der Waals surface area contributed by atoms with E-state index in [4.69, 9.17) is 49.0 Å². The van der Waals surface area contributed by atoms with Crippen LogP contribution in [0.25, 0.3) is 11.3 Å². The number of anilines is 1. The van der Waals surface area contributed by atoms with Crippen molar-refractivity contribution in [3.8, 4) is 17.0 Å². The van der Waals surface area contributed by atoms with E-state index in [1.807, 2.05) is 77.7 Å². The quantitative estimate of drug-likeness (QED) is 0.136. The van der Waals surface area contributed by atoms with Crippen molar-refractivity contribution in [2.24, 2.45) is 0 Å². The van der Waals surface area contributed by atoms with Gasteiger partial charge in [0.2, 0.25) is 0 Å². The van der Waals surface area contributed by atoms with E-state index in [0.717, 1.165) is 83.7 Å². The van der Waals surface area contributed by atoms with Gasteiger partial charge in [0.15, 0.2) is 0 Å². The van der Waals surface area contributed by atoms with E-state index in [1.54, 1.807) is 11.9 Å². The lowest BCUT2D eigenvalue weighted by Gasteiger charge is -2.41. The predicted molar refractivity (Wildman–Crippen MR) is 245 cm³/mol. The number of hydrogen-bond acceptors (Lipinski definition) is 7. The maximum Gasteiger partial charge on any atom is 0.413 e. The molecule has 1 fully saturated rings. The fourth-order valence-corrected chi connectivity index (χ4v) is 9.63. The molecule has 0 radical (unpaired) electrons. The molecule has 0 unspecified atom stereocenters. The van der Waals surface area contributed by atoms with E-state index in [2.05, 4.69) is 33.7 Å². The molecule has 1 saturated heterocycles. The van der Waals surface area contributed by atoms with Crippen LogP contribution >= 0.6 is 34.8 Å².